The Kier molecular flexibility index (Phi) is 4.94. The predicted octanol–water partition coefficient (Wildman–Crippen LogP) is 2.76. The molecule has 1 saturated heterocycles. The van der Waals surface area contributed by atoms with Crippen molar-refractivity contribution in [3.63, 3.8) is 0 Å². The van der Waals surface area contributed by atoms with E-state index in [1.165, 1.54) is 22.5 Å². The lowest BCUT2D eigenvalue weighted by Gasteiger charge is -2.35. The number of rotatable bonds is 4. The number of sulfonamides is 1. The normalized spacial score (nSPS) is 16.0. The lowest BCUT2D eigenvalue weighted by Crippen LogP contribution is -2.48. The Labute approximate surface area is 150 Å². The molecule has 0 amide bonds. The summed E-state index contributed by atoms with van der Waals surface area (Å²) in [4.78, 5) is 12.5. The van der Waals surface area contributed by atoms with E-state index in [4.69, 9.17) is 11.6 Å². The van der Waals surface area contributed by atoms with Crippen LogP contribution >= 0.6 is 11.6 Å². The van der Waals surface area contributed by atoms with Crippen molar-refractivity contribution in [1.29, 1.82) is 0 Å². The molecule has 0 spiro atoms. The topological polar surface area (TPSA) is 83.8 Å². The molecular formula is C16H16ClN3O4S. The summed E-state index contributed by atoms with van der Waals surface area (Å²) in [5.41, 5.74) is 0.729. The highest BCUT2D eigenvalue weighted by Crippen LogP contribution is 2.27. The second kappa shape index (κ2) is 6.99. The quantitative estimate of drug-likeness (QED) is 0.600. The van der Waals surface area contributed by atoms with E-state index in [-0.39, 0.29) is 28.7 Å². The molecule has 25 heavy (non-hydrogen) atoms. The van der Waals surface area contributed by atoms with Gasteiger partial charge in [0.2, 0.25) is 10.0 Å². The second-order valence-electron chi connectivity index (χ2n) is 5.60. The molecule has 0 radical (unpaired) electrons. The number of benzene rings is 2. The van der Waals surface area contributed by atoms with Gasteiger partial charge in [-0.1, -0.05) is 29.8 Å². The zero-order chi connectivity index (χ0) is 18.0. The third-order valence-electron chi connectivity index (χ3n) is 4.10. The molecule has 1 fully saturated rings. The maximum Gasteiger partial charge on any atom is 0.271 e. The lowest BCUT2D eigenvalue weighted by atomic mass is 10.2. The average Bonchev–Trinajstić information content (AvgIpc) is 2.62. The smallest absolute Gasteiger partial charge is 0.271 e. The summed E-state index contributed by atoms with van der Waals surface area (Å²) in [5, 5.41) is 11.1. The molecule has 1 aliphatic heterocycles. The van der Waals surface area contributed by atoms with E-state index in [1.807, 2.05) is 4.90 Å². The summed E-state index contributed by atoms with van der Waals surface area (Å²) in [6.45, 7) is 1.47. The van der Waals surface area contributed by atoms with Crippen molar-refractivity contribution in [3.8, 4) is 0 Å². The fraction of sp³-hybridized carbons (Fsp3) is 0.250. The van der Waals surface area contributed by atoms with Crippen molar-refractivity contribution in [3.05, 3.63) is 63.7 Å². The Bertz CT molecular complexity index is 896. The standard InChI is InChI=1S/C16H16ClN3O4S/c17-15-6-1-2-7-16(15)25(23,24)19-10-8-18(9-11-19)13-4-3-5-14(12-13)20(21)22/h1-7,12H,8-11H2. The maximum absolute atomic E-state index is 12.7. The second-order valence-corrected chi connectivity index (χ2v) is 7.91. The third kappa shape index (κ3) is 3.60. The number of halogens is 1. The molecule has 0 bridgehead atoms. The van der Waals surface area contributed by atoms with Crippen LogP contribution in [0.3, 0.4) is 0 Å². The van der Waals surface area contributed by atoms with Gasteiger partial charge in [-0.25, -0.2) is 8.42 Å². The van der Waals surface area contributed by atoms with Gasteiger partial charge in [0.05, 0.1) is 9.95 Å². The van der Waals surface area contributed by atoms with Crippen molar-refractivity contribution in [1.82, 2.24) is 4.31 Å². The molecule has 0 aromatic heterocycles. The van der Waals surface area contributed by atoms with Gasteiger partial charge in [0, 0.05) is 44.0 Å². The van der Waals surface area contributed by atoms with Gasteiger partial charge in [0.1, 0.15) is 4.90 Å². The number of piperazine rings is 1. The van der Waals surface area contributed by atoms with E-state index in [0.29, 0.717) is 18.8 Å². The first-order chi connectivity index (χ1) is 11.9. The molecule has 0 unspecified atom stereocenters. The zero-order valence-electron chi connectivity index (χ0n) is 13.2. The number of hydrogen-bond donors (Lipinski definition) is 0. The highest BCUT2D eigenvalue weighted by molar-refractivity contribution is 7.89. The first kappa shape index (κ1) is 17.7. The van der Waals surface area contributed by atoms with Gasteiger partial charge in [-0.3, -0.25) is 10.1 Å². The maximum atomic E-state index is 12.7. The van der Waals surface area contributed by atoms with Gasteiger partial charge in [0.15, 0.2) is 0 Å². The van der Waals surface area contributed by atoms with E-state index < -0.39 is 14.9 Å². The van der Waals surface area contributed by atoms with Gasteiger partial charge >= 0.3 is 0 Å². The summed E-state index contributed by atoms with van der Waals surface area (Å²) >= 11 is 6.02. The van der Waals surface area contributed by atoms with Crippen LogP contribution in [0, 0.1) is 10.1 Å². The molecule has 0 saturated carbocycles. The number of nitro benzene ring substituents is 1. The monoisotopic (exact) mass is 381 g/mol. The van der Waals surface area contributed by atoms with Crippen LogP contribution in [-0.2, 0) is 10.0 Å². The third-order valence-corrected chi connectivity index (χ3v) is 6.50. The molecule has 0 aliphatic carbocycles. The number of hydrogen-bond acceptors (Lipinski definition) is 5. The molecule has 0 N–H and O–H groups in total. The van der Waals surface area contributed by atoms with Gasteiger partial charge in [-0.2, -0.15) is 4.31 Å². The lowest BCUT2D eigenvalue weighted by molar-refractivity contribution is -0.384. The molecule has 7 nitrogen and oxygen atoms in total. The fourth-order valence-corrected chi connectivity index (χ4v) is 4.70. The molecule has 1 aliphatic rings. The fourth-order valence-electron chi connectivity index (χ4n) is 2.78. The van der Waals surface area contributed by atoms with Crippen LogP contribution in [0.15, 0.2) is 53.4 Å². The van der Waals surface area contributed by atoms with Crippen LogP contribution in [0.5, 0.6) is 0 Å². The largest absolute Gasteiger partial charge is 0.369 e. The van der Waals surface area contributed by atoms with Gasteiger partial charge in [-0.15, -0.1) is 0 Å². The van der Waals surface area contributed by atoms with Crippen LogP contribution in [0.4, 0.5) is 11.4 Å². The minimum absolute atomic E-state index is 0.0172. The van der Waals surface area contributed by atoms with E-state index in [9.17, 15) is 18.5 Å². The predicted molar refractivity (Wildman–Crippen MR) is 95.5 cm³/mol. The van der Waals surface area contributed by atoms with E-state index in [1.54, 1.807) is 30.3 Å². The first-order valence-electron chi connectivity index (χ1n) is 7.64. The van der Waals surface area contributed by atoms with Crippen LogP contribution in [0.25, 0.3) is 0 Å². The highest BCUT2D eigenvalue weighted by atomic mass is 35.5. The summed E-state index contributed by atoms with van der Waals surface area (Å²) in [6, 6.07) is 12.7. The van der Waals surface area contributed by atoms with Crippen molar-refractivity contribution in [2.45, 2.75) is 4.90 Å². The molecule has 2 aromatic carbocycles. The Morgan fingerprint density at radius 3 is 2.32 bits per heavy atom. The minimum Gasteiger partial charge on any atom is -0.369 e. The Morgan fingerprint density at radius 1 is 1.00 bits per heavy atom. The van der Waals surface area contributed by atoms with Gasteiger partial charge < -0.3 is 4.90 Å². The molecule has 0 atom stereocenters. The van der Waals surface area contributed by atoms with Gasteiger partial charge in [-0.05, 0) is 18.2 Å². The van der Waals surface area contributed by atoms with Crippen LogP contribution in [0.1, 0.15) is 0 Å². The Hall–Kier alpha value is -2.16. The van der Waals surface area contributed by atoms with E-state index >= 15 is 0 Å². The van der Waals surface area contributed by atoms with Crippen molar-refractivity contribution < 1.29 is 13.3 Å². The SMILES string of the molecule is O=[N+]([O-])c1cccc(N2CCN(S(=O)(=O)c3ccccc3Cl)CC2)c1. The molecule has 2 aromatic rings. The van der Waals surface area contributed by atoms with Crippen LogP contribution in [-0.4, -0.2) is 43.8 Å². The Balaban J connectivity index is 1.75. The van der Waals surface area contributed by atoms with Crippen molar-refractivity contribution in [2.24, 2.45) is 0 Å². The summed E-state index contributed by atoms with van der Waals surface area (Å²) in [5.74, 6) is 0. The zero-order valence-corrected chi connectivity index (χ0v) is 14.8. The molecule has 3 rings (SSSR count). The average molecular weight is 382 g/mol. The molecule has 132 valence electrons. The first-order valence-corrected chi connectivity index (χ1v) is 9.45. The van der Waals surface area contributed by atoms with Crippen molar-refractivity contribution in [2.75, 3.05) is 31.1 Å². The molecular weight excluding hydrogens is 366 g/mol. The molecule has 1 heterocycles. The number of nitro groups is 1. The highest BCUT2D eigenvalue weighted by Gasteiger charge is 2.30. The molecule has 9 heteroatoms. The summed E-state index contributed by atoms with van der Waals surface area (Å²) in [6.07, 6.45) is 0. The van der Waals surface area contributed by atoms with E-state index in [0.717, 1.165) is 0 Å². The van der Waals surface area contributed by atoms with E-state index in [2.05, 4.69) is 0 Å². The number of non-ortho nitro benzene ring substituents is 1. The number of nitrogens with zero attached hydrogens (tertiary/aromatic N) is 3. The van der Waals surface area contributed by atoms with Gasteiger partial charge in [0.25, 0.3) is 5.69 Å². The van der Waals surface area contributed by atoms with Crippen molar-refractivity contribution >= 4 is 33.0 Å². The minimum atomic E-state index is -3.65. The van der Waals surface area contributed by atoms with Crippen LogP contribution < -0.4 is 4.90 Å². The summed E-state index contributed by atoms with van der Waals surface area (Å²) in [7, 11) is -3.65. The summed E-state index contributed by atoms with van der Waals surface area (Å²) < 4.78 is 26.8. The van der Waals surface area contributed by atoms with Crippen LogP contribution in [0.2, 0.25) is 5.02 Å². The number of anilines is 1. The Morgan fingerprint density at radius 2 is 1.68 bits per heavy atom.